The molecule has 7 nitrogen and oxygen atoms in total. The van der Waals surface area contributed by atoms with Crippen molar-refractivity contribution in [1.29, 1.82) is 0 Å². The molecule has 3 aromatic rings. The number of ketones is 1. The molecule has 2 heterocycles. The van der Waals surface area contributed by atoms with Crippen molar-refractivity contribution >= 4 is 11.6 Å². The lowest BCUT2D eigenvalue weighted by atomic mass is 9.86. The summed E-state index contributed by atoms with van der Waals surface area (Å²) in [5, 5.41) is 0. The Balaban J connectivity index is 1.54. The highest BCUT2D eigenvalue weighted by atomic mass is 16.5. The van der Waals surface area contributed by atoms with Gasteiger partial charge in [0.25, 0.3) is 0 Å². The number of anilines is 1. The predicted molar refractivity (Wildman–Crippen MR) is 134 cm³/mol. The second-order valence-corrected chi connectivity index (χ2v) is 9.16. The largest absolute Gasteiger partial charge is 0.457 e. The third kappa shape index (κ3) is 5.61. The van der Waals surface area contributed by atoms with Crippen molar-refractivity contribution in [2.24, 2.45) is 11.7 Å². The quantitative estimate of drug-likeness (QED) is 0.482. The third-order valence-electron chi connectivity index (χ3n) is 6.13. The van der Waals surface area contributed by atoms with E-state index in [1.807, 2.05) is 30.3 Å². The molecule has 0 saturated carbocycles. The van der Waals surface area contributed by atoms with Crippen LogP contribution in [-0.2, 0) is 0 Å². The summed E-state index contributed by atoms with van der Waals surface area (Å²) in [7, 11) is 0. The number of nitrogen functional groups attached to an aromatic ring is 1. The first-order valence-corrected chi connectivity index (χ1v) is 11.7. The topological polar surface area (TPSA) is 107 Å². The van der Waals surface area contributed by atoms with Gasteiger partial charge in [-0.3, -0.25) is 4.79 Å². The molecule has 1 aliphatic heterocycles. The fourth-order valence-corrected chi connectivity index (χ4v) is 4.54. The van der Waals surface area contributed by atoms with Crippen molar-refractivity contribution in [1.82, 2.24) is 14.9 Å². The van der Waals surface area contributed by atoms with Gasteiger partial charge in [-0.25, -0.2) is 9.97 Å². The molecule has 1 unspecified atom stereocenters. The Morgan fingerprint density at radius 2 is 1.79 bits per heavy atom. The molecule has 1 saturated heterocycles. The average molecular weight is 459 g/mol. The Kier molecular flexibility index (Phi) is 7.55. The highest BCUT2D eigenvalue weighted by Gasteiger charge is 2.31. The number of hydrogen-bond donors (Lipinski definition) is 2. The van der Waals surface area contributed by atoms with Crippen LogP contribution in [0.5, 0.6) is 11.5 Å². The van der Waals surface area contributed by atoms with Crippen molar-refractivity contribution in [3.63, 3.8) is 0 Å². The SMILES string of the molecule is C[C](C)CN1CCC[C@@H](C(N)c2ncnc(N)c2C(=O)c2ccc(Oc3ccccc3)cc2)C1. The minimum atomic E-state index is -0.398. The predicted octanol–water partition coefficient (Wildman–Crippen LogP) is 4.41. The Bertz CT molecular complexity index is 1100. The van der Waals surface area contributed by atoms with Gasteiger partial charge in [-0.05, 0) is 67.6 Å². The first kappa shape index (κ1) is 23.9. The lowest BCUT2D eigenvalue weighted by Crippen LogP contribution is -2.41. The van der Waals surface area contributed by atoms with E-state index < -0.39 is 6.04 Å². The fraction of sp³-hybridized carbons (Fsp3) is 0.333. The average Bonchev–Trinajstić information content (AvgIpc) is 2.84. The molecule has 34 heavy (non-hydrogen) atoms. The van der Waals surface area contributed by atoms with Crippen molar-refractivity contribution in [3.05, 3.63) is 83.7 Å². The number of likely N-dealkylation sites (tertiary alicyclic amines) is 1. The summed E-state index contributed by atoms with van der Waals surface area (Å²) >= 11 is 0. The molecule has 1 aliphatic rings. The van der Waals surface area contributed by atoms with Gasteiger partial charge in [0.1, 0.15) is 23.6 Å². The van der Waals surface area contributed by atoms with Gasteiger partial charge in [0, 0.05) is 18.7 Å². The Labute approximate surface area is 201 Å². The molecule has 1 fully saturated rings. The van der Waals surface area contributed by atoms with Crippen LogP contribution in [0.15, 0.2) is 60.9 Å². The van der Waals surface area contributed by atoms with Crippen LogP contribution in [-0.4, -0.2) is 40.3 Å². The van der Waals surface area contributed by atoms with Crippen LogP contribution in [0.3, 0.4) is 0 Å². The number of aromatic nitrogens is 2. The van der Waals surface area contributed by atoms with Crippen LogP contribution in [0.1, 0.15) is 54.3 Å². The van der Waals surface area contributed by atoms with E-state index in [-0.39, 0.29) is 17.5 Å². The number of nitrogens with zero attached hydrogens (tertiary/aromatic N) is 3. The maximum absolute atomic E-state index is 13.5. The number of carbonyl (C=O) groups excluding carboxylic acids is 1. The monoisotopic (exact) mass is 458 g/mol. The van der Waals surface area contributed by atoms with Gasteiger partial charge >= 0.3 is 0 Å². The van der Waals surface area contributed by atoms with E-state index >= 15 is 0 Å². The highest BCUT2D eigenvalue weighted by molar-refractivity contribution is 6.12. The van der Waals surface area contributed by atoms with Gasteiger partial charge in [0.05, 0.1) is 17.3 Å². The van der Waals surface area contributed by atoms with Crippen LogP contribution < -0.4 is 16.2 Å². The third-order valence-corrected chi connectivity index (χ3v) is 6.13. The minimum absolute atomic E-state index is 0.153. The van der Waals surface area contributed by atoms with E-state index in [2.05, 4.69) is 28.7 Å². The molecular weight excluding hydrogens is 426 g/mol. The molecule has 177 valence electrons. The maximum atomic E-state index is 13.5. The molecule has 0 aliphatic carbocycles. The zero-order chi connectivity index (χ0) is 24.1. The number of piperidine rings is 1. The van der Waals surface area contributed by atoms with Crippen LogP contribution in [0.2, 0.25) is 0 Å². The van der Waals surface area contributed by atoms with Gasteiger partial charge < -0.3 is 21.1 Å². The minimum Gasteiger partial charge on any atom is -0.457 e. The maximum Gasteiger partial charge on any atom is 0.198 e. The van der Waals surface area contributed by atoms with Gasteiger partial charge in [-0.15, -0.1) is 0 Å². The summed E-state index contributed by atoms with van der Waals surface area (Å²) in [6.07, 6.45) is 3.45. The molecule has 1 radical (unpaired) electrons. The van der Waals surface area contributed by atoms with Crippen molar-refractivity contribution in [2.75, 3.05) is 25.4 Å². The molecule has 0 bridgehead atoms. The van der Waals surface area contributed by atoms with Crippen molar-refractivity contribution in [3.8, 4) is 11.5 Å². The van der Waals surface area contributed by atoms with Gasteiger partial charge in [0.2, 0.25) is 0 Å². The lowest BCUT2D eigenvalue weighted by Gasteiger charge is -2.36. The molecule has 0 spiro atoms. The zero-order valence-corrected chi connectivity index (χ0v) is 19.8. The molecule has 4 N–H and O–H groups in total. The number of rotatable bonds is 8. The number of benzene rings is 2. The summed E-state index contributed by atoms with van der Waals surface area (Å²) in [6.45, 7) is 7.17. The van der Waals surface area contributed by atoms with E-state index in [0.717, 1.165) is 38.2 Å². The fourth-order valence-electron chi connectivity index (χ4n) is 4.54. The van der Waals surface area contributed by atoms with E-state index in [0.29, 0.717) is 22.6 Å². The summed E-state index contributed by atoms with van der Waals surface area (Å²) in [4.78, 5) is 24.4. The Morgan fingerprint density at radius 3 is 2.50 bits per heavy atom. The first-order valence-electron chi connectivity index (χ1n) is 11.7. The number of hydrogen-bond acceptors (Lipinski definition) is 7. The van der Waals surface area contributed by atoms with Gasteiger partial charge in [-0.2, -0.15) is 0 Å². The molecule has 4 rings (SSSR count). The Morgan fingerprint density at radius 1 is 1.09 bits per heavy atom. The summed E-state index contributed by atoms with van der Waals surface area (Å²) in [6, 6.07) is 16.1. The molecule has 0 amide bonds. The second-order valence-electron chi connectivity index (χ2n) is 9.16. The standard InChI is InChI=1S/C27H32N5O2/c1-18(2)15-32-14-6-7-20(16-32)24(28)25-23(27(29)31-17-30-25)26(33)19-10-12-22(13-11-19)34-21-8-4-3-5-9-21/h3-5,8-13,17,20,24H,6-7,14-16,28H2,1-2H3,(H2,29,30,31)/t20-,24?/m1/s1. The summed E-state index contributed by atoms with van der Waals surface area (Å²) in [5.41, 5.74) is 14.2. The van der Waals surface area contributed by atoms with E-state index in [9.17, 15) is 4.79 Å². The number of nitrogens with two attached hydrogens (primary N) is 2. The smallest absolute Gasteiger partial charge is 0.198 e. The number of para-hydroxylation sites is 1. The molecule has 2 atom stereocenters. The second kappa shape index (κ2) is 10.8. The van der Waals surface area contributed by atoms with Crippen LogP contribution in [0, 0.1) is 11.8 Å². The van der Waals surface area contributed by atoms with Crippen LogP contribution in [0.25, 0.3) is 0 Å². The molecule has 1 aromatic heterocycles. The lowest BCUT2D eigenvalue weighted by molar-refractivity contribution is 0.103. The van der Waals surface area contributed by atoms with Gasteiger partial charge in [-0.1, -0.05) is 32.0 Å². The van der Waals surface area contributed by atoms with Gasteiger partial charge in [0.15, 0.2) is 5.78 Å². The number of ether oxygens (including phenoxy) is 1. The Hall–Kier alpha value is -3.29. The molecule has 7 heteroatoms. The van der Waals surface area contributed by atoms with Crippen LogP contribution >= 0.6 is 0 Å². The van der Waals surface area contributed by atoms with Crippen LogP contribution in [0.4, 0.5) is 5.82 Å². The highest BCUT2D eigenvalue weighted by Crippen LogP contribution is 2.32. The normalized spacial score (nSPS) is 17.5. The molecular formula is C27H32N5O2. The summed E-state index contributed by atoms with van der Waals surface area (Å²) in [5.74, 6) is 2.85. The van der Waals surface area contributed by atoms with E-state index in [1.165, 1.54) is 12.2 Å². The van der Waals surface area contributed by atoms with Crippen molar-refractivity contribution < 1.29 is 9.53 Å². The number of carbonyl (C=O) groups is 1. The van der Waals surface area contributed by atoms with E-state index in [4.69, 9.17) is 16.2 Å². The zero-order valence-electron chi connectivity index (χ0n) is 19.8. The summed E-state index contributed by atoms with van der Waals surface area (Å²) < 4.78 is 5.83. The van der Waals surface area contributed by atoms with Crippen molar-refractivity contribution in [2.45, 2.75) is 32.7 Å². The molecule has 2 aromatic carbocycles. The first-order chi connectivity index (χ1) is 16.4. The van der Waals surface area contributed by atoms with E-state index in [1.54, 1.807) is 24.3 Å².